The third-order valence-electron chi connectivity index (χ3n) is 10.2. The predicted octanol–water partition coefficient (Wildman–Crippen LogP) is 6.23. The number of carbonyl (C=O) groups excluding carboxylic acids is 3. The highest BCUT2D eigenvalue weighted by Gasteiger charge is 2.61. The number of rotatable bonds is 6. The fourth-order valence-electron chi connectivity index (χ4n) is 8.30. The second-order valence-electron chi connectivity index (χ2n) is 12.5. The Morgan fingerprint density at radius 2 is 1.69 bits per heavy atom. The zero-order valence-corrected chi connectivity index (χ0v) is 23.1. The minimum absolute atomic E-state index is 0.0345. The molecule has 0 bridgehead atoms. The van der Waals surface area contributed by atoms with Gasteiger partial charge in [-0.1, -0.05) is 52.8 Å². The first kappa shape index (κ1) is 26.9. The van der Waals surface area contributed by atoms with Crippen molar-refractivity contribution in [1.82, 2.24) is 0 Å². The maximum absolute atomic E-state index is 12.2. The van der Waals surface area contributed by atoms with Crippen LogP contribution in [0, 0.1) is 46.3 Å². The van der Waals surface area contributed by atoms with Crippen molar-refractivity contribution >= 4 is 17.7 Å². The van der Waals surface area contributed by atoms with Gasteiger partial charge in [0.05, 0.1) is 0 Å². The molecule has 4 aliphatic carbocycles. The molecular weight excluding hydrogens is 452 g/mol. The fourth-order valence-corrected chi connectivity index (χ4v) is 8.30. The molecule has 5 nitrogen and oxygen atoms in total. The van der Waals surface area contributed by atoms with Gasteiger partial charge in [0, 0.05) is 31.6 Å². The summed E-state index contributed by atoms with van der Waals surface area (Å²) >= 11 is 0. The Morgan fingerprint density at radius 1 is 1.00 bits per heavy atom. The van der Waals surface area contributed by atoms with Gasteiger partial charge in [0.2, 0.25) is 0 Å². The van der Waals surface area contributed by atoms with Crippen LogP contribution in [0.4, 0.5) is 0 Å². The normalized spacial score (nSPS) is 40.2. The lowest BCUT2D eigenvalue weighted by molar-refractivity contribution is -0.164. The van der Waals surface area contributed by atoms with Gasteiger partial charge in [-0.05, 0) is 78.4 Å². The summed E-state index contributed by atoms with van der Waals surface area (Å²) in [7, 11) is 0. The molecular formula is C31H44O5. The molecule has 0 heterocycles. The molecule has 0 spiro atoms. The molecule has 0 unspecified atom stereocenters. The largest absolute Gasteiger partial charge is 0.461 e. The van der Waals surface area contributed by atoms with Crippen molar-refractivity contribution in [3.8, 4) is 0 Å². The molecule has 0 aliphatic heterocycles. The summed E-state index contributed by atoms with van der Waals surface area (Å²) in [5.74, 6) is 1.93. The number of hydrogen-bond donors (Lipinski definition) is 0. The zero-order chi connectivity index (χ0) is 26.4. The summed E-state index contributed by atoms with van der Waals surface area (Å²) in [4.78, 5) is 36.0. The first-order valence-corrected chi connectivity index (χ1v) is 13.8. The average molecular weight is 497 g/mol. The van der Waals surface area contributed by atoms with Crippen molar-refractivity contribution in [3.05, 3.63) is 36.0 Å². The molecule has 2 saturated carbocycles. The molecule has 4 rings (SSSR count). The van der Waals surface area contributed by atoms with Crippen LogP contribution in [0.1, 0.15) is 80.6 Å². The fraction of sp³-hybridized carbons (Fsp3) is 0.710. The highest BCUT2D eigenvalue weighted by atomic mass is 16.6. The van der Waals surface area contributed by atoms with Crippen LogP contribution in [-0.2, 0) is 23.9 Å². The Hall–Kier alpha value is -2.17. The van der Waals surface area contributed by atoms with E-state index >= 15 is 0 Å². The maximum Gasteiger partial charge on any atom is 0.303 e. The molecule has 2 fully saturated rings. The van der Waals surface area contributed by atoms with Crippen LogP contribution in [0.5, 0.6) is 0 Å². The molecule has 0 aromatic heterocycles. The molecule has 0 radical (unpaired) electrons. The van der Waals surface area contributed by atoms with Gasteiger partial charge in [0.25, 0.3) is 0 Å². The zero-order valence-electron chi connectivity index (χ0n) is 23.1. The third kappa shape index (κ3) is 4.63. The SMILES string of the molecule is CC(=O)O[C@@H]1C=C2C=C[C@H]3[C@@H]4CC[C@H]([C@H](C)C=CC(=O)C(C)C)[C@@]4(C)CC[C@@H]3[C@@]2(C)[C@@H](OC(C)=O)C1. The molecule has 4 aliphatic rings. The topological polar surface area (TPSA) is 69.7 Å². The minimum Gasteiger partial charge on any atom is -0.461 e. The summed E-state index contributed by atoms with van der Waals surface area (Å²) in [5.41, 5.74) is 1.06. The molecule has 36 heavy (non-hydrogen) atoms. The number of allylic oxidation sites excluding steroid dienone is 4. The van der Waals surface area contributed by atoms with Crippen molar-refractivity contribution in [2.75, 3.05) is 0 Å². The summed E-state index contributed by atoms with van der Waals surface area (Å²) in [6, 6.07) is 0. The Balaban J connectivity index is 1.63. The van der Waals surface area contributed by atoms with E-state index in [1.807, 2.05) is 19.9 Å². The van der Waals surface area contributed by atoms with E-state index < -0.39 is 0 Å². The molecule has 0 aromatic carbocycles. The monoisotopic (exact) mass is 496 g/mol. The molecule has 0 saturated heterocycles. The number of fused-ring (bicyclic) bond motifs is 5. The van der Waals surface area contributed by atoms with Gasteiger partial charge in [0.15, 0.2) is 5.78 Å². The van der Waals surface area contributed by atoms with Gasteiger partial charge < -0.3 is 9.47 Å². The van der Waals surface area contributed by atoms with Crippen LogP contribution in [0.3, 0.4) is 0 Å². The van der Waals surface area contributed by atoms with E-state index in [-0.39, 0.29) is 46.7 Å². The minimum atomic E-state index is -0.373. The van der Waals surface area contributed by atoms with E-state index in [1.165, 1.54) is 26.7 Å². The number of hydrogen-bond acceptors (Lipinski definition) is 5. The summed E-state index contributed by atoms with van der Waals surface area (Å²) in [6.45, 7) is 13.8. The predicted molar refractivity (Wildman–Crippen MR) is 140 cm³/mol. The Morgan fingerprint density at radius 3 is 2.33 bits per heavy atom. The van der Waals surface area contributed by atoms with E-state index in [0.717, 1.165) is 18.4 Å². The summed E-state index contributed by atoms with van der Waals surface area (Å²) < 4.78 is 11.5. The van der Waals surface area contributed by atoms with Gasteiger partial charge in [-0.25, -0.2) is 0 Å². The molecule has 198 valence electrons. The molecule has 0 aromatic rings. The highest BCUT2D eigenvalue weighted by Crippen LogP contribution is 2.66. The van der Waals surface area contributed by atoms with Crippen LogP contribution in [0.2, 0.25) is 0 Å². The van der Waals surface area contributed by atoms with Gasteiger partial charge in [-0.15, -0.1) is 0 Å². The molecule has 5 heteroatoms. The van der Waals surface area contributed by atoms with Crippen molar-refractivity contribution in [1.29, 1.82) is 0 Å². The molecule has 9 atom stereocenters. The second kappa shape index (κ2) is 9.95. The number of ether oxygens (including phenoxy) is 2. The Kier molecular flexibility index (Phi) is 7.43. The first-order chi connectivity index (χ1) is 16.9. The van der Waals surface area contributed by atoms with Crippen molar-refractivity contribution in [3.63, 3.8) is 0 Å². The van der Waals surface area contributed by atoms with Gasteiger partial charge in [-0.2, -0.15) is 0 Å². The first-order valence-electron chi connectivity index (χ1n) is 13.8. The maximum atomic E-state index is 12.2. The Labute approximate surface area is 216 Å². The van der Waals surface area contributed by atoms with Crippen LogP contribution < -0.4 is 0 Å². The van der Waals surface area contributed by atoms with Crippen molar-refractivity contribution < 1.29 is 23.9 Å². The van der Waals surface area contributed by atoms with Crippen LogP contribution in [-0.4, -0.2) is 29.9 Å². The second-order valence-corrected chi connectivity index (χ2v) is 12.5. The third-order valence-corrected chi connectivity index (χ3v) is 10.2. The average Bonchev–Trinajstić information content (AvgIpc) is 3.14. The van der Waals surface area contributed by atoms with E-state index in [2.05, 4.69) is 45.1 Å². The van der Waals surface area contributed by atoms with Crippen LogP contribution in [0.25, 0.3) is 0 Å². The lowest BCUT2D eigenvalue weighted by Gasteiger charge is -2.58. The van der Waals surface area contributed by atoms with Gasteiger partial charge >= 0.3 is 11.9 Å². The van der Waals surface area contributed by atoms with Crippen molar-refractivity contribution in [2.45, 2.75) is 92.8 Å². The van der Waals surface area contributed by atoms with Crippen LogP contribution in [0.15, 0.2) is 36.0 Å². The van der Waals surface area contributed by atoms with Crippen LogP contribution >= 0.6 is 0 Å². The lowest BCUT2D eigenvalue weighted by atomic mass is 9.47. The van der Waals surface area contributed by atoms with E-state index in [9.17, 15) is 14.4 Å². The quantitative estimate of drug-likeness (QED) is 0.322. The highest BCUT2D eigenvalue weighted by molar-refractivity contribution is 5.91. The van der Waals surface area contributed by atoms with E-state index in [0.29, 0.717) is 36.0 Å². The van der Waals surface area contributed by atoms with E-state index in [1.54, 1.807) is 0 Å². The summed E-state index contributed by atoms with van der Waals surface area (Å²) in [6.07, 6.45) is 15.0. The standard InChI is InChI=1S/C31H44O5/c1-18(2)28(34)13-8-19(3)25-11-12-26-24-10-9-22-16-23(35-20(4)32)17-29(36-21(5)33)31(22,7)27(24)14-15-30(25,26)6/h8-10,13,16,18-19,23-27,29H,11-12,14-15,17H2,1-7H3/t19-,23-,24+,25-,26+,27+,29+,30-,31+/m1/s1. The van der Waals surface area contributed by atoms with E-state index in [4.69, 9.17) is 9.47 Å². The molecule has 0 N–H and O–H groups in total. The number of ketones is 1. The summed E-state index contributed by atoms with van der Waals surface area (Å²) in [5, 5.41) is 0. The lowest BCUT2D eigenvalue weighted by Crippen LogP contribution is -2.55. The number of esters is 2. The molecule has 0 amide bonds. The Bertz CT molecular complexity index is 989. The number of carbonyl (C=O) groups is 3. The van der Waals surface area contributed by atoms with Crippen molar-refractivity contribution in [2.24, 2.45) is 46.3 Å². The van der Waals surface area contributed by atoms with Gasteiger partial charge in [-0.3, -0.25) is 14.4 Å². The smallest absolute Gasteiger partial charge is 0.303 e. The van der Waals surface area contributed by atoms with Gasteiger partial charge in [0.1, 0.15) is 12.2 Å².